The van der Waals surface area contributed by atoms with Gasteiger partial charge in [0, 0.05) is 31.0 Å². The summed E-state index contributed by atoms with van der Waals surface area (Å²) in [7, 11) is 0. The molecule has 136 valence electrons. The van der Waals surface area contributed by atoms with Crippen molar-refractivity contribution in [3.05, 3.63) is 71.8 Å². The molecule has 2 saturated heterocycles. The maximum atomic E-state index is 12.8. The van der Waals surface area contributed by atoms with Crippen LogP contribution in [-0.2, 0) is 17.8 Å². The third-order valence-electron chi connectivity index (χ3n) is 6.28. The quantitative estimate of drug-likeness (QED) is 0.701. The normalized spacial score (nSPS) is 25.3. The molecule has 2 aromatic rings. The zero-order valence-corrected chi connectivity index (χ0v) is 15.5. The first kappa shape index (κ1) is 17.5. The molecule has 0 amide bonds. The van der Waals surface area contributed by atoms with Gasteiger partial charge in [-0.25, -0.2) is 0 Å². The summed E-state index contributed by atoms with van der Waals surface area (Å²) in [5.41, 5.74) is 2.75. The summed E-state index contributed by atoms with van der Waals surface area (Å²) in [6.45, 7) is 1.05. The minimum absolute atomic E-state index is 0.301. The zero-order chi connectivity index (χ0) is 17.8. The Kier molecular flexibility index (Phi) is 5.50. The maximum absolute atomic E-state index is 12.8. The second-order valence-electron chi connectivity index (χ2n) is 8.02. The topological polar surface area (TPSA) is 20.3 Å². The van der Waals surface area contributed by atoms with Gasteiger partial charge in [0.15, 0.2) is 0 Å². The van der Waals surface area contributed by atoms with Crippen molar-refractivity contribution in [3.8, 4) is 0 Å². The maximum Gasteiger partial charge on any atom is 0.136 e. The number of aryl methyl sites for hydroxylation is 1. The van der Waals surface area contributed by atoms with Crippen LogP contribution in [0.3, 0.4) is 0 Å². The lowest BCUT2D eigenvalue weighted by molar-refractivity contribution is -0.125. The first-order chi connectivity index (χ1) is 12.8. The predicted molar refractivity (Wildman–Crippen MR) is 106 cm³/mol. The van der Waals surface area contributed by atoms with Gasteiger partial charge < -0.3 is 0 Å². The van der Waals surface area contributed by atoms with Crippen LogP contribution in [0.2, 0.25) is 0 Å². The Hall–Kier alpha value is -1.93. The Morgan fingerprint density at radius 1 is 0.846 bits per heavy atom. The fourth-order valence-electron chi connectivity index (χ4n) is 4.90. The van der Waals surface area contributed by atoms with Gasteiger partial charge in [0.05, 0.1) is 0 Å². The number of benzene rings is 2. The van der Waals surface area contributed by atoms with Crippen molar-refractivity contribution in [2.45, 2.75) is 63.6 Å². The number of hydrogen-bond donors (Lipinski definition) is 0. The number of nitrogens with zero attached hydrogens (tertiary/aromatic N) is 1. The molecule has 2 aliphatic heterocycles. The first-order valence-electron chi connectivity index (χ1n) is 10.2. The average molecular weight is 348 g/mol. The van der Waals surface area contributed by atoms with E-state index in [2.05, 4.69) is 59.5 Å². The molecule has 0 saturated carbocycles. The number of ketones is 1. The monoisotopic (exact) mass is 347 g/mol. The lowest BCUT2D eigenvalue weighted by Crippen LogP contribution is -2.44. The van der Waals surface area contributed by atoms with Crippen LogP contribution in [0.4, 0.5) is 0 Å². The number of rotatable bonds is 7. The number of hydrogen-bond acceptors (Lipinski definition) is 2. The number of carbonyl (C=O) groups is 1. The summed E-state index contributed by atoms with van der Waals surface area (Å²) in [4.78, 5) is 15.4. The molecular weight excluding hydrogens is 318 g/mol. The van der Waals surface area contributed by atoms with Gasteiger partial charge in [-0.3, -0.25) is 9.69 Å². The highest BCUT2D eigenvalue weighted by Crippen LogP contribution is 2.40. The van der Waals surface area contributed by atoms with Crippen molar-refractivity contribution in [3.63, 3.8) is 0 Å². The Morgan fingerprint density at radius 3 is 2.04 bits per heavy atom. The molecule has 4 rings (SSSR count). The highest BCUT2D eigenvalue weighted by Gasteiger charge is 2.42. The van der Waals surface area contributed by atoms with E-state index in [0.717, 1.165) is 38.6 Å². The molecule has 2 fully saturated rings. The molecule has 0 aliphatic carbocycles. The van der Waals surface area contributed by atoms with Crippen LogP contribution in [0, 0.1) is 5.92 Å². The van der Waals surface area contributed by atoms with Gasteiger partial charge in [0.25, 0.3) is 0 Å². The Morgan fingerprint density at radius 2 is 1.42 bits per heavy atom. The SMILES string of the molecule is O=C(CCCc1ccccc1)C1CC2CCC(C1)N2Cc1ccccc1. The molecule has 2 atom stereocenters. The second kappa shape index (κ2) is 8.18. The standard InChI is InChI=1S/C24H29NO/c26-24(13-7-12-19-8-3-1-4-9-19)21-16-22-14-15-23(17-21)25(22)18-20-10-5-2-6-11-20/h1-6,8-11,21-23H,7,12-18H2. The molecule has 2 aliphatic rings. The van der Waals surface area contributed by atoms with Gasteiger partial charge in [0.2, 0.25) is 0 Å². The van der Waals surface area contributed by atoms with Gasteiger partial charge in [-0.2, -0.15) is 0 Å². The van der Waals surface area contributed by atoms with E-state index in [4.69, 9.17) is 0 Å². The highest BCUT2D eigenvalue weighted by atomic mass is 16.1. The molecule has 2 unspecified atom stereocenters. The van der Waals surface area contributed by atoms with E-state index in [9.17, 15) is 4.79 Å². The van der Waals surface area contributed by atoms with E-state index < -0.39 is 0 Å². The fourth-order valence-corrected chi connectivity index (χ4v) is 4.90. The Bertz CT molecular complexity index is 698. The van der Waals surface area contributed by atoms with Crippen molar-refractivity contribution in [2.24, 2.45) is 5.92 Å². The highest BCUT2D eigenvalue weighted by molar-refractivity contribution is 5.81. The van der Waals surface area contributed by atoms with E-state index >= 15 is 0 Å². The molecule has 2 heterocycles. The van der Waals surface area contributed by atoms with Gasteiger partial charge in [-0.15, -0.1) is 0 Å². The Labute approximate surface area is 157 Å². The average Bonchev–Trinajstić information content (AvgIpc) is 2.91. The van der Waals surface area contributed by atoms with Crippen molar-refractivity contribution in [1.29, 1.82) is 0 Å². The van der Waals surface area contributed by atoms with Crippen LogP contribution in [0.5, 0.6) is 0 Å². The van der Waals surface area contributed by atoms with Crippen LogP contribution < -0.4 is 0 Å². The summed E-state index contributed by atoms with van der Waals surface area (Å²) in [5, 5.41) is 0. The molecule has 26 heavy (non-hydrogen) atoms. The zero-order valence-electron chi connectivity index (χ0n) is 15.5. The number of piperidine rings is 1. The van der Waals surface area contributed by atoms with Crippen molar-refractivity contribution < 1.29 is 4.79 Å². The van der Waals surface area contributed by atoms with Crippen LogP contribution in [0.25, 0.3) is 0 Å². The van der Waals surface area contributed by atoms with Gasteiger partial charge in [-0.1, -0.05) is 60.7 Å². The summed E-state index contributed by atoms with van der Waals surface area (Å²) in [6, 6.07) is 22.5. The number of fused-ring (bicyclic) bond motifs is 2. The lowest BCUT2D eigenvalue weighted by Gasteiger charge is -2.38. The van der Waals surface area contributed by atoms with Crippen molar-refractivity contribution in [1.82, 2.24) is 4.90 Å². The van der Waals surface area contributed by atoms with Crippen LogP contribution in [0.1, 0.15) is 49.7 Å². The molecular formula is C24H29NO. The molecule has 0 spiro atoms. The summed E-state index contributed by atoms with van der Waals surface area (Å²) in [5.74, 6) is 0.812. The fraction of sp³-hybridized carbons (Fsp3) is 0.458. The van der Waals surface area contributed by atoms with E-state index in [0.29, 0.717) is 23.8 Å². The molecule has 0 aromatic heterocycles. The molecule has 2 nitrogen and oxygen atoms in total. The minimum atomic E-state index is 0.301. The van der Waals surface area contributed by atoms with E-state index in [1.165, 1.54) is 24.0 Å². The van der Waals surface area contributed by atoms with Gasteiger partial charge in [-0.05, 0) is 49.7 Å². The van der Waals surface area contributed by atoms with Gasteiger partial charge in [0.1, 0.15) is 5.78 Å². The van der Waals surface area contributed by atoms with Crippen molar-refractivity contribution in [2.75, 3.05) is 0 Å². The molecule has 2 aromatic carbocycles. The summed E-state index contributed by atoms with van der Waals surface area (Å²) < 4.78 is 0. The van der Waals surface area contributed by atoms with Gasteiger partial charge >= 0.3 is 0 Å². The molecule has 2 bridgehead atoms. The van der Waals surface area contributed by atoms with Crippen LogP contribution in [-0.4, -0.2) is 22.8 Å². The van der Waals surface area contributed by atoms with Crippen molar-refractivity contribution >= 4 is 5.78 Å². The van der Waals surface area contributed by atoms with E-state index in [1.54, 1.807) is 0 Å². The summed E-state index contributed by atoms with van der Waals surface area (Å²) in [6.07, 6.45) is 7.45. The molecule has 2 heteroatoms. The minimum Gasteiger partial charge on any atom is -0.299 e. The van der Waals surface area contributed by atoms with Crippen LogP contribution in [0.15, 0.2) is 60.7 Å². The van der Waals surface area contributed by atoms with E-state index in [-0.39, 0.29) is 0 Å². The third-order valence-corrected chi connectivity index (χ3v) is 6.28. The largest absolute Gasteiger partial charge is 0.299 e. The second-order valence-corrected chi connectivity index (χ2v) is 8.02. The van der Waals surface area contributed by atoms with E-state index in [1.807, 2.05) is 6.07 Å². The number of carbonyl (C=O) groups excluding carboxylic acids is 1. The Balaban J connectivity index is 1.28. The predicted octanol–water partition coefficient (Wildman–Crippen LogP) is 5.02. The lowest BCUT2D eigenvalue weighted by atomic mass is 9.85. The first-order valence-corrected chi connectivity index (χ1v) is 10.2. The third kappa shape index (κ3) is 4.07. The smallest absolute Gasteiger partial charge is 0.136 e. The molecule has 0 radical (unpaired) electrons. The number of Topliss-reactive ketones (excluding diaryl/α,β-unsaturated/α-hetero) is 1. The molecule has 0 N–H and O–H groups in total. The summed E-state index contributed by atoms with van der Waals surface area (Å²) >= 11 is 0. The van der Waals surface area contributed by atoms with Crippen LogP contribution >= 0.6 is 0 Å².